The summed E-state index contributed by atoms with van der Waals surface area (Å²) in [6.45, 7) is 6.38. The molecule has 1 aliphatic rings. The minimum atomic E-state index is -0.693. The van der Waals surface area contributed by atoms with Crippen molar-refractivity contribution < 1.29 is 18.8 Å². The number of benzene rings is 2. The average Bonchev–Trinajstić information content (AvgIpc) is 3.36. The highest BCUT2D eigenvalue weighted by molar-refractivity contribution is 5.97. The summed E-state index contributed by atoms with van der Waals surface area (Å²) in [6, 6.07) is 16.8. The lowest BCUT2D eigenvalue weighted by Crippen LogP contribution is -2.44. The Kier molecular flexibility index (Phi) is 8.71. The van der Waals surface area contributed by atoms with Crippen molar-refractivity contribution in [2.24, 2.45) is 11.3 Å². The molecule has 1 fully saturated rings. The molecule has 0 aliphatic carbocycles. The molecule has 0 radical (unpaired) electrons. The number of rotatable bonds is 11. The molecule has 1 aromatic heterocycles. The molecule has 37 heavy (non-hydrogen) atoms. The maximum absolute atomic E-state index is 13.7. The predicted octanol–water partition coefficient (Wildman–Crippen LogP) is 4.36. The second kappa shape index (κ2) is 12.1. The van der Waals surface area contributed by atoms with E-state index >= 15 is 0 Å². The van der Waals surface area contributed by atoms with E-state index in [9.17, 15) is 14.4 Å². The van der Waals surface area contributed by atoms with Gasteiger partial charge in [-0.2, -0.15) is 0 Å². The van der Waals surface area contributed by atoms with E-state index in [4.69, 9.17) is 4.42 Å². The summed E-state index contributed by atoms with van der Waals surface area (Å²) in [6.07, 6.45) is 2.90. The molecule has 0 unspecified atom stereocenters. The van der Waals surface area contributed by atoms with Crippen LogP contribution >= 0.6 is 0 Å². The SMILES string of the molecule is CC(C)(CCNC(=O)C1CCNCC1)C(=O)N(CCCC(=O)c1nc2ccccc2o1)c1ccccc1. The van der Waals surface area contributed by atoms with Crippen molar-refractivity contribution in [2.45, 2.75) is 46.0 Å². The van der Waals surface area contributed by atoms with Gasteiger partial charge in [0.25, 0.3) is 5.89 Å². The normalized spacial score (nSPS) is 14.4. The molecule has 8 nitrogen and oxygen atoms in total. The Labute approximate surface area is 217 Å². The van der Waals surface area contributed by atoms with E-state index < -0.39 is 5.41 Å². The number of anilines is 1. The van der Waals surface area contributed by atoms with Crippen LogP contribution in [0.5, 0.6) is 0 Å². The first-order valence-electron chi connectivity index (χ1n) is 13.1. The molecule has 8 heteroatoms. The summed E-state index contributed by atoms with van der Waals surface area (Å²) in [7, 11) is 0. The second-order valence-corrected chi connectivity index (χ2v) is 10.3. The first-order valence-corrected chi connectivity index (χ1v) is 13.1. The monoisotopic (exact) mass is 504 g/mol. The zero-order valence-electron chi connectivity index (χ0n) is 21.7. The highest BCUT2D eigenvalue weighted by atomic mass is 16.4. The highest BCUT2D eigenvalue weighted by Gasteiger charge is 2.33. The van der Waals surface area contributed by atoms with Crippen molar-refractivity contribution in [1.82, 2.24) is 15.6 Å². The Morgan fingerprint density at radius 2 is 1.76 bits per heavy atom. The van der Waals surface area contributed by atoms with Gasteiger partial charge in [0.1, 0.15) is 5.52 Å². The highest BCUT2D eigenvalue weighted by Crippen LogP contribution is 2.28. The average molecular weight is 505 g/mol. The summed E-state index contributed by atoms with van der Waals surface area (Å²) in [5, 5.41) is 6.30. The van der Waals surface area contributed by atoms with Gasteiger partial charge >= 0.3 is 0 Å². The summed E-state index contributed by atoms with van der Waals surface area (Å²) in [4.78, 5) is 45.0. The molecule has 2 N–H and O–H groups in total. The smallest absolute Gasteiger partial charge is 0.264 e. The van der Waals surface area contributed by atoms with Crippen LogP contribution in [0.4, 0.5) is 5.69 Å². The van der Waals surface area contributed by atoms with E-state index in [1.165, 1.54) is 0 Å². The summed E-state index contributed by atoms with van der Waals surface area (Å²) >= 11 is 0. The van der Waals surface area contributed by atoms with Crippen LogP contribution in [0.1, 0.15) is 56.6 Å². The van der Waals surface area contributed by atoms with Gasteiger partial charge in [0.2, 0.25) is 17.6 Å². The van der Waals surface area contributed by atoms with Crippen molar-refractivity contribution in [3.05, 3.63) is 60.5 Å². The third-order valence-corrected chi connectivity index (χ3v) is 6.97. The van der Waals surface area contributed by atoms with Crippen molar-refractivity contribution in [3.63, 3.8) is 0 Å². The molecule has 4 rings (SSSR count). The molecule has 0 bridgehead atoms. The molecule has 1 saturated heterocycles. The van der Waals surface area contributed by atoms with Gasteiger partial charge in [-0.25, -0.2) is 4.98 Å². The van der Waals surface area contributed by atoms with Gasteiger partial charge in [-0.3, -0.25) is 14.4 Å². The van der Waals surface area contributed by atoms with Gasteiger partial charge in [-0.15, -0.1) is 0 Å². The molecule has 2 amide bonds. The maximum atomic E-state index is 13.7. The third kappa shape index (κ3) is 6.83. The first-order chi connectivity index (χ1) is 17.8. The lowest BCUT2D eigenvalue weighted by molar-refractivity contribution is -0.128. The van der Waals surface area contributed by atoms with Gasteiger partial charge in [0.05, 0.1) is 0 Å². The maximum Gasteiger partial charge on any atom is 0.264 e. The van der Waals surface area contributed by atoms with Crippen LogP contribution in [-0.2, 0) is 9.59 Å². The summed E-state index contributed by atoms with van der Waals surface area (Å²) in [5.41, 5.74) is 1.33. The Morgan fingerprint density at radius 3 is 2.49 bits per heavy atom. The topological polar surface area (TPSA) is 105 Å². The standard InChI is InChI=1S/C29H36N4O4/c1-29(2,16-19-31-26(35)21-14-17-30-18-15-21)28(36)33(22-9-4-3-5-10-22)20-8-12-24(34)27-32-23-11-6-7-13-25(23)37-27/h3-7,9-11,13,21,30H,8,12,14-20H2,1-2H3,(H,31,35). The quantitative estimate of drug-likeness (QED) is 0.376. The number of Topliss-reactive ketones (excluding diaryl/α,β-unsaturated/α-hetero) is 1. The van der Waals surface area contributed by atoms with E-state index in [2.05, 4.69) is 15.6 Å². The lowest BCUT2D eigenvalue weighted by Gasteiger charge is -2.32. The van der Waals surface area contributed by atoms with Gasteiger partial charge in [-0.05, 0) is 63.0 Å². The van der Waals surface area contributed by atoms with Crippen LogP contribution in [0, 0.1) is 11.3 Å². The van der Waals surface area contributed by atoms with Gasteiger partial charge < -0.3 is 20.0 Å². The molecular formula is C29H36N4O4. The van der Waals surface area contributed by atoms with Crippen molar-refractivity contribution >= 4 is 34.4 Å². The van der Waals surface area contributed by atoms with Crippen LogP contribution in [0.25, 0.3) is 11.1 Å². The third-order valence-electron chi connectivity index (χ3n) is 6.97. The molecular weight excluding hydrogens is 468 g/mol. The molecule has 0 saturated carbocycles. The number of carbonyl (C=O) groups is 3. The van der Waals surface area contributed by atoms with E-state index in [0.717, 1.165) is 31.6 Å². The molecule has 1 aliphatic heterocycles. The molecule has 196 valence electrons. The number of piperidine rings is 1. The van der Waals surface area contributed by atoms with Gasteiger partial charge in [0.15, 0.2) is 5.58 Å². The number of nitrogens with one attached hydrogen (secondary N) is 2. The fourth-order valence-electron chi connectivity index (χ4n) is 4.65. The largest absolute Gasteiger partial charge is 0.434 e. The zero-order valence-corrected chi connectivity index (χ0v) is 21.7. The summed E-state index contributed by atoms with van der Waals surface area (Å²) < 4.78 is 5.60. The van der Waals surface area contributed by atoms with Crippen molar-refractivity contribution in [1.29, 1.82) is 0 Å². The van der Waals surface area contributed by atoms with Crippen LogP contribution < -0.4 is 15.5 Å². The minimum Gasteiger partial charge on any atom is -0.434 e. The number of nitrogens with zero attached hydrogens (tertiary/aromatic N) is 2. The lowest BCUT2D eigenvalue weighted by atomic mass is 9.87. The number of hydrogen-bond donors (Lipinski definition) is 2. The van der Waals surface area contributed by atoms with E-state index in [-0.39, 0.29) is 35.8 Å². The first kappa shape index (κ1) is 26.5. The number of aromatic nitrogens is 1. The predicted molar refractivity (Wildman–Crippen MR) is 143 cm³/mol. The van der Waals surface area contributed by atoms with E-state index in [1.54, 1.807) is 11.0 Å². The number of para-hydroxylation sites is 3. The fraction of sp³-hybridized carbons (Fsp3) is 0.448. The van der Waals surface area contributed by atoms with Crippen LogP contribution in [0.2, 0.25) is 0 Å². The van der Waals surface area contributed by atoms with Gasteiger partial charge in [0, 0.05) is 36.5 Å². The van der Waals surface area contributed by atoms with Crippen LogP contribution in [0.3, 0.4) is 0 Å². The fourth-order valence-corrected chi connectivity index (χ4v) is 4.65. The number of hydrogen-bond acceptors (Lipinski definition) is 6. The minimum absolute atomic E-state index is 0.0378. The van der Waals surface area contributed by atoms with Crippen molar-refractivity contribution in [3.8, 4) is 0 Å². The van der Waals surface area contributed by atoms with E-state index in [0.29, 0.717) is 37.0 Å². The Balaban J connectivity index is 1.35. The number of oxazole rings is 1. The number of carbonyl (C=O) groups excluding carboxylic acids is 3. The van der Waals surface area contributed by atoms with Crippen molar-refractivity contribution in [2.75, 3.05) is 31.1 Å². The number of ketones is 1. The molecule has 2 heterocycles. The summed E-state index contributed by atoms with van der Waals surface area (Å²) in [5.74, 6) is -0.00804. The number of fused-ring (bicyclic) bond motifs is 1. The molecule has 3 aromatic rings. The zero-order chi connectivity index (χ0) is 26.3. The molecule has 0 spiro atoms. The van der Waals surface area contributed by atoms with Crippen LogP contribution in [-0.4, -0.2) is 48.8 Å². The van der Waals surface area contributed by atoms with E-state index in [1.807, 2.05) is 62.4 Å². The Bertz CT molecular complexity index is 1180. The molecule has 2 aromatic carbocycles. The Morgan fingerprint density at radius 1 is 1.05 bits per heavy atom. The van der Waals surface area contributed by atoms with Crippen LogP contribution in [0.15, 0.2) is 59.0 Å². The van der Waals surface area contributed by atoms with Gasteiger partial charge in [-0.1, -0.05) is 44.2 Å². The Hall–Kier alpha value is -3.52. The molecule has 0 atom stereocenters. The number of amides is 2. The second-order valence-electron chi connectivity index (χ2n) is 10.3.